The maximum atomic E-state index is 2.60. The van der Waals surface area contributed by atoms with E-state index >= 15 is 0 Å². The largest absolute Gasteiger partial charge is 1.00 e. The molecule has 4 heteroatoms. The van der Waals surface area contributed by atoms with E-state index < -0.39 is 0 Å². The average Bonchev–Trinajstić information content (AvgIpc) is 3.10. The molecule has 2 aromatic carbocycles. The number of hydrogen-bond acceptors (Lipinski definition) is 0. The summed E-state index contributed by atoms with van der Waals surface area (Å²) in [5.74, 6) is 0.716. The van der Waals surface area contributed by atoms with Gasteiger partial charge in [0.25, 0.3) is 0 Å². The smallest absolute Gasteiger partial charge is 1.00 e. The van der Waals surface area contributed by atoms with Crippen molar-refractivity contribution < 1.29 is 47.2 Å². The molecule has 1 saturated carbocycles. The zero-order chi connectivity index (χ0) is 20.2. The Hall–Kier alpha value is -0.140. The Morgan fingerprint density at radius 3 is 2.29 bits per heavy atom. The van der Waals surface area contributed by atoms with Crippen LogP contribution in [0.2, 0.25) is 13.1 Å². The number of rotatable bonds is 7. The molecule has 0 aliphatic heterocycles. The van der Waals surface area contributed by atoms with E-state index in [2.05, 4.69) is 68.6 Å². The minimum absolute atomic E-state index is 0. The van der Waals surface area contributed by atoms with Gasteiger partial charge < -0.3 is 24.8 Å². The number of unbranched alkanes of at least 4 members (excludes halogenated alkanes) is 1. The Balaban J connectivity index is 0.00000171. The molecule has 31 heavy (non-hydrogen) atoms. The van der Waals surface area contributed by atoms with Crippen LogP contribution in [0.25, 0.3) is 17.2 Å². The number of hydrogen-bond donors (Lipinski definition) is 0. The fraction of sp³-hybridized carbons (Fsp3) is 0.481. The van der Waals surface area contributed by atoms with Crippen LogP contribution in [0, 0.1) is 0 Å². The van der Waals surface area contributed by atoms with Crippen molar-refractivity contribution in [2.45, 2.75) is 80.9 Å². The minimum atomic E-state index is -0.361. The third-order valence-corrected chi connectivity index (χ3v) is 15.6. The van der Waals surface area contributed by atoms with Crippen LogP contribution in [0.4, 0.5) is 0 Å². The van der Waals surface area contributed by atoms with Gasteiger partial charge in [-0.3, -0.25) is 0 Å². The van der Waals surface area contributed by atoms with Crippen LogP contribution >= 0.6 is 0 Å². The summed E-state index contributed by atoms with van der Waals surface area (Å²) < 4.78 is 0.838. The third-order valence-electron chi connectivity index (χ3n) is 6.70. The number of allylic oxidation sites excluding steroid dienone is 1. The second kappa shape index (κ2) is 12.9. The topological polar surface area (TPSA) is 0 Å². The van der Waals surface area contributed by atoms with Crippen LogP contribution in [0.3, 0.4) is 0 Å². The SMILES string of the molecule is CCCCC1=Cc2c(-c3ccc(C4CCCCC4)cc3)cccc2[CH]1[Zr+2][Si](C)C.[Cl-].[Cl-]. The van der Waals surface area contributed by atoms with Crippen LogP contribution in [-0.4, -0.2) is 5.92 Å². The van der Waals surface area contributed by atoms with Gasteiger partial charge in [-0.15, -0.1) is 0 Å². The first-order valence-corrected chi connectivity index (χ1v) is 19.3. The van der Waals surface area contributed by atoms with Gasteiger partial charge >= 0.3 is 191 Å². The van der Waals surface area contributed by atoms with Crippen LogP contribution < -0.4 is 24.8 Å². The van der Waals surface area contributed by atoms with Gasteiger partial charge in [0, 0.05) is 0 Å². The van der Waals surface area contributed by atoms with Crippen molar-refractivity contribution in [1.82, 2.24) is 0 Å². The van der Waals surface area contributed by atoms with Crippen molar-refractivity contribution in [2.24, 2.45) is 0 Å². The summed E-state index contributed by atoms with van der Waals surface area (Å²) in [5.41, 5.74) is 9.44. The number of fused-ring (bicyclic) bond motifs is 1. The molecule has 0 N–H and O–H groups in total. The third kappa shape index (κ3) is 6.47. The predicted molar refractivity (Wildman–Crippen MR) is 125 cm³/mol. The van der Waals surface area contributed by atoms with E-state index in [9.17, 15) is 0 Å². The normalized spacial score (nSPS) is 17.9. The van der Waals surface area contributed by atoms with E-state index in [1.807, 2.05) is 0 Å². The van der Waals surface area contributed by atoms with E-state index in [0.717, 1.165) is 9.54 Å². The Kier molecular flexibility index (Phi) is 11.3. The Labute approximate surface area is 214 Å². The molecule has 165 valence electrons. The fourth-order valence-corrected chi connectivity index (χ4v) is 14.0. The summed E-state index contributed by atoms with van der Waals surface area (Å²) in [6, 6.07) is 16.8. The summed E-state index contributed by atoms with van der Waals surface area (Å²) in [6.07, 6.45) is 13.6. The van der Waals surface area contributed by atoms with Gasteiger partial charge in [-0.25, -0.2) is 0 Å². The molecule has 0 saturated heterocycles. The Bertz CT molecular complexity index is 854. The van der Waals surface area contributed by atoms with E-state index in [1.165, 1.54) is 62.5 Å². The molecule has 0 amide bonds. The summed E-state index contributed by atoms with van der Waals surface area (Å²) in [4.78, 5) is 0. The zero-order valence-corrected chi connectivity index (χ0v) is 24.2. The molecule has 1 atom stereocenters. The second-order valence-corrected chi connectivity index (χ2v) is 22.4. The molecule has 0 bridgehead atoms. The molecule has 0 spiro atoms. The van der Waals surface area contributed by atoms with E-state index in [0.29, 0.717) is 0 Å². The Morgan fingerprint density at radius 2 is 1.65 bits per heavy atom. The van der Waals surface area contributed by atoms with E-state index in [-0.39, 0.29) is 53.1 Å². The maximum absolute atomic E-state index is 2.60. The van der Waals surface area contributed by atoms with Crippen molar-refractivity contribution in [3.63, 3.8) is 0 Å². The molecule has 1 unspecified atom stereocenters. The van der Waals surface area contributed by atoms with Crippen molar-refractivity contribution in [1.29, 1.82) is 0 Å². The molecule has 2 aliphatic rings. The van der Waals surface area contributed by atoms with Gasteiger partial charge in [-0.05, 0) is 0 Å². The van der Waals surface area contributed by atoms with Gasteiger partial charge in [0.05, 0.1) is 0 Å². The summed E-state index contributed by atoms with van der Waals surface area (Å²) in [7, 11) is 0. The maximum Gasteiger partial charge on any atom is -1.00 e. The molecule has 2 aromatic rings. The molecule has 1 fully saturated rings. The van der Waals surface area contributed by atoms with Gasteiger partial charge in [0.1, 0.15) is 0 Å². The van der Waals surface area contributed by atoms with Gasteiger partial charge in [0.15, 0.2) is 0 Å². The first-order chi connectivity index (χ1) is 14.2. The van der Waals surface area contributed by atoms with E-state index in [4.69, 9.17) is 0 Å². The second-order valence-electron chi connectivity index (χ2n) is 9.17. The fourth-order valence-electron chi connectivity index (χ4n) is 5.14. The molecular formula is C27H35Cl2SiZr. The standard InChI is InChI=1S/C25H29.C2H6Si.2ClH.Zr/c1-2-3-8-19-17-23-11-7-12-24(25(23)18-19)22-15-13-21(14-16-22)20-9-5-4-6-10-20;1-3-2;;;/h7,11-18,20H,2-6,8-10H2,1H3;1-2H3;2*1H;/q;;;;+2/p-2. The number of halogens is 2. The zero-order valence-electron chi connectivity index (χ0n) is 19.2. The molecule has 4 rings (SSSR count). The number of benzene rings is 2. The first-order valence-electron chi connectivity index (χ1n) is 11.7. The van der Waals surface area contributed by atoms with Crippen molar-refractivity contribution in [2.75, 3.05) is 0 Å². The van der Waals surface area contributed by atoms with E-state index in [1.54, 1.807) is 22.3 Å². The molecule has 2 aliphatic carbocycles. The average molecular weight is 550 g/mol. The molecule has 0 heterocycles. The molecular weight excluding hydrogens is 515 g/mol. The van der Waals surface area contributed by atoms with Crippen LogP contribution in [0.15, 0.2) is 48.0 Å². The van der Waals surface area contributed by atoms with Gasteiger partial charge in [-0.1, -0.05) is 0 Å². The summed E-state index contributed by atoms with van der Waals surface area (Å²) >= 11 is -0.361. The van der Waals surface area contributed by atoms with Gasteiger partial charge in [-0.2, -0.15) is 0 Å². The van der Waals surface area contributed by atoms with Crippen molar-refractivity contribution in [3.8, 4) is 11.1 Å². The Morgan fingerprint density at radius 1 is 0.935 bits per heavy atom. The van der Waals surface area contributed by atoms with Crippen LogP contribution in [0.5, 0.6) is 0 Å². The molecule has 0 aromatic heterocycles. The summed E-state index contributed by atoms with van der Waals surface area (Å²) in [6.45, 7) is 7.41. The van der Waals surface area contributed by atoms with Crippen molar-refractivity contribution in [3.05, 3.63) is 64.7 Å². The quantitative estimate of drug-likeness (QED) is 0.466. The molecule has 0 nitrogen and oxygen atoms in total. The summed E-state index contributed by atoms with van der Waals surface area (Å²) in [5, 5.41) is 0. The van der Waals surface area contributed by atoms with Gasteiger partial charge in [0.2, 0.25) is 0 Å². The van der Waals surface area contributed by atoms with Crippen LogP contribution in [-0.2, 0) is 22.4 Å². The van der Waals surface area contributed by atoms with Crippen LogP contribution in [0.1, 0.15) is 84.5 Å². The minimum Gasteiger partial charge on any atom is -1.00 e. The predicted octanol–water partition coefficient (Wildman–Crippen LogP) is 2.37. The first kappa shape index (κ1) is 27.1. The molecule has 1 radical (unpaired) electrons. The van der Waals surface area contributed by atoms with Crippen molar-refractivity contribution >= 4 is 12.0 Å². The monoisotopic (exact) mass is 547 g/mol.